The minimum Gasteiger partial charge on any atom is -0.260 e. The summed E-state index contributed by atoms with van der Waals surface area (Å²) in [6.07, 6.45) is 1.91. The van der Waals surface area contributed by atoms with Crippen LogP contribution >= 0.6 is 27.3 Å². The van der Waals surface area contributed by atoms with Crippen LogP contribution in [0.5, 0.6) is 0 Å². The quantitative estimate of drug-likeness (QED) is 0.700. The predicted molar refractivity (Wildman–Crippen MR) is 70.9 cm³/mol. The van der Waals surface area contributed by atoms with E-state index in [1.165, 1.54) is 15.8 Å². The van der Waals surface area contributed by atoms with Gasteiger partial charge in [-0.2, -0.15) is 5.10 Å². The van der Waals surface area contributed by atoms with E-state index in [1.54, 1.807) is 11.3 Å². The highest BCUT2D eigenvalue weighted by Gasteiger charge is 2.03. The third-order valence-corrected chi connectivity index (χ3v) is 4.16. The molecular formula is C12H9BrN2S. The van der Waals surface area contributed by atoms with Crippen LogP contribution in [0, 0.1) is 0 Å². The molecule has 0 bridgehead atoms. The van der Waals surface area contributed by atoms with Crippen molar-refractivity contribution in [3.8, 4) is 0 Å². The summed E-state index contributed by atoms with van der Waals surface area (Å²) in [6, 6.07) is 10.4. The van der Waals surface area contributed by atoms with Gasteiger partial charge in [0.15, 0.2) is 0 Å². The van der Waals surface area contributed by atoms with Crippen molar-refractivity contribution in [2.45, 2.75) is 6.54 Å². The van der Waals surface area contributed by atoms with Crippen LogP contribution in [0.4, 0.5) is 0 Å². The molecule has 3 aromatic rings. The van der Waals surface area contributed by atoms with E-state index in [0.29, 0.717) is 0 Å². The normalized spacial score (nSPS) is 11.1. The molecule has 2 nitrogen and oxygen atoms in total. The van der Waals surface area contributed by atoms with E-state index in [9.17, 15) is 0 Å². The second-order valence-corrected chi connectivity index (χ2v) is 5.50. The highest BCUT2D eigenvalue weighted by atomic mass is 79.9. The molecule has 0 unspecified atom stereocenters. The number of rotatable bonds is 2. The summed E-state index contributed by atoms with van der Waals surface area (Å²) >= 11 is 5.22. The monoisotopic (exact) mass is 292 g/mol. The summed E-state index contributed by atoms with van der Waals surface area (Å²) in [5.41, 5.74) is 1.19. The molecule has 16 heavy (non-hydrogen) atoms. The second kappa shape index (κ2) is 4.03. The van der Waals surface area contributed by atoms with Gasteiger partial charge in [0.25, 0.3) is 0 Å². The lowest BCUT2D eigenvalue weighted by atomic mass is 10.2. The van der Waals surface area contributed by atoms with Crippen LogP contribution in [-0.2, 0) is 6.54 Å². The van der Waals surface area contributed by atoms with Crippen molar-refractivity contribution in [3.63, 3.8) is 0 Å². The molecule has 0 spiro atoms. The third-order valence-electron chi connectivity index (χ3n) is 2.48. The first kappa shape index (κ1) is 10.1. The van der Waals surface area contributed by atoms with E-state index in [-0.39, 0.29) is 0 Å². The summed E-state index contributed by atoms with van der Waals surface area (Å²) in [6.45, 7) is 0.837. The predicted octanol–water partition coefficient (Wildman–Crippen LogP) is 3.91. The summed E-state index contributed by atoms with van der Waals surface area (Å²) in [4.78, 5) is 1.31. The number of para-hydroxylation sites is 1. The van der Waals surface area contributed by atoms with Crippen LogP contribution in [0.15, 0.2) is 46.4 Å². The van der Waals surface area contributed by atoms with Crippen LogP contribution in [-0.4, -0.2) is 9.78 Å². The Balaban J connectivity index is 2.00. The number of hydrogen-bond acceptors (Lipinski definition) is 2. The lowest BCUT2D eigenvalue weighted by Crippen LogP contribution is -1.99. The fourth-order valence-electron chi connectivity index (χ4n) is 1.74. The third kappa shape index (κ3) is 1.79. The number of fused-ring (bicyclic) bond motifs is 1. The Morgan fingerprint density at radius 2 is 2.19 bits per heavy atom. The molecular weight excluding hydrogens is 284 g/mol. The molecule has 2 aromatic heterocycles. The smallest absolute Gasteiger partial charge is 0.0759 e. The van der Waals surface area contributed by atoms with Crippen molar-refractivity contribution in [1.82, 2.24) is 9.78 Å². The molecule has 0 amide bonds. The Morgan fingerprint density at radius 3 is 3.00 bits per heavy atom. The van der Waals surface area contributed by atoms with Crippen LogP contribution in [0.2, 0.25) is 0 Å². The van der Waals surface area contributed by atoms with Crippen molar-refractivity contribution < 1.29 is 0 Å². The first-order valence-corrected chi connectivity index (χ1v) is 6.64. The molecule has 3 rings (SSSR count). The Kier molecular flexibility index (Phi) is 2.53. The number of benzene rings is 1. The molecule has 80 valence electrons. The van der Waals surface area contributed by atoms with Gasteiger partial charge in [-0.1, -0.05) is 18.2 Å². The maximum Gasteiger partial charge on any atom is 0.0759 e. The molecule has 0 aliphatic carbocycles. The topological polar surface area (TPSA) is 17.8 Å². The fourth-order valence-corrected chi connectivity index (χ4v) is 3.17. The van der Waals surface area contributed by atoms with Crippen LogP contribution in [0.1, 0.15) is 4.88 Å². The second-order valence-electron chi connectivity index (χ2n) is 3.59. The van der Waals surface area contributed by atoms with Gasteiger partial charge in [0, 0.05) is 20.1 Å². The Bertz CT molecular complexity index is 627. The van der Waals surface area contributed by atoms with Gasteiger partial charge in [-0.05, 0) is 28.1 Å². The fraction of sp³-hybridized carbons (Fsp3) is 0.0833. The minimum atomic E-state index is 0.837. The summed E-state index contributed by atoms with van der Waals surface area (Å²) < 4.78 is 3.18. The first-order chi connectivity index (χ1) is 7.83. The summed E-state index contributed by atoms with van der Waals surface area (Å²) in [5.74, 6) is 0. The van der Waals surface area contributed by atoms with Gasteiger partial charge >= 0.3 is 0 Å². The van der Waals surface area contributed by atoms with E-state index < -0.39 is 0 Å². The Hall–Kier alpha value is -1.13. The van der Waals surface area contributed by atoms with Crippen LogP contribution < -0.4 is 0 Å². The zero-order valence-electron chi connectivity index (χ0n) is 8.43. The van der Waals surface area contributed by atoms with E-state index in [2.05, 4.69) is 44.6 Å². The van der Waals surface area contributed by atoms with Crippen molar-refractivity contribution in [2.24, 2.45) is 0 Å². The van der Waals surface area contributed by atoms with Crippen molar-refractivity contribution in [2.75, 3.05) is 0 Å². The molecule has 0 fully saturated rings. The average molecular weight is 293 g/mol. The molecule has 1 aromatic carbocycles. The van der Waals surface area contributed by atoms with Crippen molar-refractivity contribution >= 4 is 38.2 Å². The number of halogens is 1. The molecule has 0 aliphatic heterocycles. The van der Waals surface area contributed by atoms with E-state index in [0.717, 1.165) is 11.0 Å². The molecule has 0 N–H and O–H groups in total. The van der Waals surface area contributed by atoms with Gasteiger partial charge in [-0.25, -0.2) is 0 Å². The van der Waals surface area contributed by atoms with Crippen molar-refractivity contribution in [3.05, 3.63) is 51.3 Å². The van der Waals surface area contributed by atoms with Crippen molar-refractivity contribution in [1.29, 1.82) is 0 Å². The highest BCUT2D eigenvalue weighted by Crippen LogP contribution is 2.22. The van der Waals surface area contributed by atoms with Crippen LogP contribution in [0.25, 0.3) is 10.9 Å². The molecule has 0 saturated heterocycles. The number of hydrogen-bond donors (Lipinski definition) is 0. The standard InChI is InChI=1S/C12H9BrN2S/c13-10-5-11(16-8-10)7-15-12-4-2-1-3-9(12)6-14-15/h1-6,8H,7H2. The molecule has 0 aliphatic rings. The average Bonchev–Trinajstić information content (AvgIpc) is 2.87. The molecule has 0 radical (unpaired) electrons. The van der Waals surface area contributed by atoms with Gasteiger partial charge in [0.1, 0.15) is 0 Å². The molecule has 4 heteroatoms. The largest absolute Gasteiger partial charge is 0.260 e. The maximum atomic E-state index is 4.41. The van der Waals surface area contributed by atoms with E-state index >= 15 is 0 Å². The summed E-state index contributed by atoms with van der Waals surface area (Å²) in [5, 5.41) is 7.70. The zero-order chi connectivity index (χ0) is 11.0. The number of aromatic nitrogens is 2. The summed E-state index contributed by atoms with van der Waals surface area (Å²) in [7, 11) is 0. The van der Waals surface area contributed by atoms with Gasteiger partial charge in [-0.3, -0.25) is 4.68 Å². The SMILES string of the molecule is Brc1csc(Cn2ncc3ccccc32)c1. The zero-order valence-corrected chi connectivity index (χ0v) is 10.8. The Morgan fingerprint density at radius 1 is 1.31 bits per heavy atom. The minimum absolute atomic E-state index is 0.837. The lowest BCUT2D eigenvalue weighted by Gasteiger charge is -2.00. The van der Waals surface area contributed by atoms with Gasteiger partial charge < -0.3 is 0 Å². The van der Waals surface area contributed by atoms with Crippen LogP contribution in [0.3, 0.4) is 0 Å². The van der Waals surface area contributed by atoms with E-state index in [1.807, 2.05) is 23.0 Å². The number of nitrogens with zero attached hydrogens (tertiary/aromatic N) is 2. The Labute approximate surface area is 106 Å². The molecule has 2 heterocycles. The highest BCUT2D eigenvalue weighted by molar-refractivity contribution is 9.10. The molecule has 0 saturated carbocycles. The van der Waals surface area contributed by atoms with Gasteiger partial charge in [-0.15, -0.1) is 11.3 Å². The van der Waals surface area contributed by atoms with Gasteiger partial charge in [0.2, 0.25) is 0 Å². The first-order valence-electron chi connectivity index (χ1n) is 4.96. The lowest BCUT2D eigenvalue weighted by molar-refractivity contribution is 0.720. The maximum absolute atomic E-state index is 4.41. The van der Waals surface area contributed by atoms with E-state index in [4.69, 9.17) is 0 Å². The molecule has 0 atom stereocenters. The van der Waals surface area contributed by atoms with Gasteiger partial charge in [0.05, 0.1) is 18.3 Å². The number of thiophene rings is 1.